The second-order valence-electron chi connectivity index (χ2n) is 9.68. The second kappa shape index (κ2) is 17.4. The van der Waals surface area contributed by atoms with Crippen LogP contribution in [-0.2, 0) is 32.3 Å². The summed E-state index contributed by atoms with van der Waals surface area (Å²) < 4.78 is 40.7. The van der Waals surface area contributed by atoms with E-state index in [-0.39, 0.29) is 4.90 Å². The third-order valence-electron chi connectivity index (χ3n) is 6.72. The zero-order valence-electron chi connectivity index (χ0n) is 21.9. The van der Waals surface area contributed by atoms with Gasteiger partial charge < -0.3 is 9.81 Å². The fraction of sp³-hybridized carbons (Fsp3) is 0.643. The van der Waals surface area contributed by atoms with Gasteiger partial charge >= 0.3 is 0 Å². The summed E-state index contributed by atoms with van der Waals surface area (Å²) in [6.45, 7) is 4.40. The average molecular weight is 539 g/mol. The molecule has 0 heterocycles. The van der Waals surface area contributed by atoms with Crippen molar-refractivity contribution in [1.82, 2.24) is 0 Å². The van der Waals surface area contributed by atoms with E-state index in [2.05, 4.69) is 23.2 Å². The van der Waals surface area contributed by atoms with E-state index in [1.54, 1.807) is 6.07 Å². The summed E-state index contributed by atoms with van der Waals surface area (Å²) in [7, 11) is -4.61. The van der Waals surface area contributed by atoms with E-state index < -0.39 is 10.1 Å². The van der Waals surface area contributed by atoms with Gasteiger partial charge in [-0.05, 0) is 71.8 Å². The molecule has 0 aliphatic rings. The first-order chi connectivity index (χ1) is 17.4. The van der Waals surface area contributed by atoms with Crippen LogP contribution in [0.4, 0.5) is 0 Å². The number of unbranched alkanes of at least 4 members (excludes halogenated alkanes) is 12. The molecule has 0 spiro atoms. The van der Waals surface area contributed by atoms with Crippen molar-refractivity contribution < 1.29 is 27.6 Å². The lowest BCUT2D eigenvalue weighted by molar-refractivity contribution is -0.777. The molecular weight excluding hydrogens is 496 g/mol. The summed E-state index contributed by atoms with van der Waals surface area (Å²) in [5, 5.41) is 15.5. The molecule has 2 rings (SSSR count). The third kappa shape index (κ3) is 11.1. The lowest BCUT2D eigenvalue weighted by Crippen LogP contribution is -2.05. The molecule has 8 heteroatoms. The van der Waals surface area contributed by atoms with Gasteiger partial charge in [0.1, 0.15) is 10.1 Å². The molecule has 0 amide bonds. The summed E-state index contributed by atoms with van der Waals surface area (Å²) in [5.74, 6) is 0. The van der Waals surface area contributed by atoms with Gasteiger partial charge in [0, 0.05) is 4.90 Å². The number of hydrogen-bond donors (Lipinski definition) is 0. The number of aryl methyl sites for hydroxylation is 2. The highest BCUT2D eigenvalue weighted by atomic mass is 32.2. The number of rotatable bonds is 20. The Kier molecular flexibility index (Phi) is 15.0. The van der Waals surface area contributed by atoms with Crippen molar-refractivity contribution in [3.63, 3.8) is 0 Å². The fourth-order valence-electron chi connectivity index (χ4n) is 4.70. The van der Waals surface area contributed by atoms with Gasteiger partial charge in [0.2, 0.25) is 0 Å². The molecule has 0 aliphatic heterocycles. The first kappa shape index (κ1) is 31.1. The molecule has 0 N–H and O–H groups in total. The Labute approximate surface area is 222 Å². The topological polar surface area (TPSA) is 98.7 Å². The average Bonchev–Trinajstić information content (AvgIpc) is 2.85. The Morgan fingerprint density at radius 1 is 0.694 bits per heavy atom. The molecule has 0 aliphatic carbocycles. The normalized spacial score (nSPS) is 12.0. The minimum atomic E-state index is -4.61. The van der Waals surface area contributed by atoms with Crippen LogP contribution in [0.5, 0.6) is 0 Å². The van der Waals surface area contributed by atoms with Crippen LogP contribution in [0.15, 0.2) is 34.1 Å². The molecule has 0 radical (unpaired) electrons. The maximum atomic E-state index is 12.1. The Morgan fingerprint density at radius 2 is 1.17 bits per heavy atom. The van der Waals surface area contributed by atoms with Crippen LogP contribution in [0.1, 0.15) is 115 Å². The van der Waals surface area contributed by atoms with Gasteiger partial charge in [0.15, 0.2) is 0 Å². The van der Waals surface area contributed by atoms with E-state index in [0.29, 0.717) is 22.3 Å². The molecule has 2 aromatic carbocycles. The van der Waals surface area contributed by atoms with Gasteiger partial charge in [0.05, 0.1) is 16.9 Å². The second-order valence-corrected chi connectivity index (χ2v) is 11.8. The van der Waals surface area contributed by atoms with Crippen molar-refractivity contribution in [3.8, 4) is 0 Å². The number of benzene rings is 2. The van der Waals surface area contributed by atoms with Crippen LogP contribution < -0.4 is 5.26 Å². The van der Waals surface area contributed by atoms with Crippen molar-refractivity contribution >= 4 is 32.9 Å². The van der Waals surface area contributed by atoms with Crippen molar-refractivity contribution in [3.05, 3.63) is 35.4 Å². The van der Waals surface area contributed by atoms with Gasteiger partial charge in [0.25, 0.3) is 0 Å². The highest BCUT2D eigenvalue weighted by molar-refractivity contribution is 7.94. The third-order valence-corrected chi connectivity index (χ3v) is 8.32. The van der Waals surface area contributed by atoms with Crippen LogP contribution >= 0.6 is 12.0 Å². The smallest absolute Gasteiger partial charge is 0.124 e. The summed E-state index contributed by atoms with van der Waals surface area (Å²) in [5.41, 5.74) is 1.62. The van der Waals surface area contributed by atoms with Crippen molar-refractivity contribution in [2.75, 3.05) is 0 Å². The summed E-state index contributed by atoms with van der Waals surface area (Å²) in [6, 6.07) is 7.12. The van der Waals surface area contributed by atoms with Crippen LogP contribution in [0.25, 0.3) is 10.8 Å². The van der Waals surface area contributed by atoms with Crippen LogP contribution in [0.2, 0.25) is 0 Å². The fourth-order valence-corrected chi connectivity index (χ4v) is 6.00. The van der Waals surface area contributed by atoms with Gasteiger partial charge in [-0.3, -0.25) is 5.04 Å². The number of hydrogen-bond acceptors (Lipinski definition) is 7. The van der Waals surface area contributed by atoms with E-state index >= 15 is 0 Å². The van der Waals surface area contributed by atoms with Crippen molar-refractivity contribution in [2.24, 2.45) is 0 Å². The summed E-state index contributed by atoms with van der Waals surface area (Å²) >= 11 is 0.817. The van der Waals surface area contributed by atoms with E-state index in [0.717, 1.165) is 61.5 Å². The molecule has 36 heavy (non-hydrogen) atoms. The predicted molar refractivity (Wildman–Crippen MR) is 143 cm³/mol. The molecule has 0 fully saturated rings. The molecule has 204 valence electrons. The zero-order chi connectivity index (χ0) is 26.2. The molecule has 0 atom stereocenters. The lowest BCUT2D eigenvalue weighted by atomic mass is 9.98. The van der Waals surface area contributed by atoms with E-state index in [9.17, 15) is 18.2 Å². The maximum absolute atomic E-state index is 12.1. The molecule has 0 saturated carbocycles. The van der Waals surface area contributed by atoms with Crippen LogP contribution in [0.3, 0.4) is 0 Å². The molecule has 0 aromatic heterocycles. The molecule has 0 saturated heterocycles. The van der Waals surface area contributed by atoms with Gasteiger partial charge in [-0.2, -0.15) is 4.33 Å². The minimum absolute atomic E-state index is 0.155. The summed E-state index contributed by atoms with van der Waals surface area (Å²) in [6.07, 6.45) is 17.6. The summed E-state index contributed by atoms with van der Waals surface area (Å²) in [4.78, 5) is 0.538. The Hall–Kier alpha value is -1.16. The predicted octanol–water partition coefficient (Wildman–Crippen LogP) is 7.56. The SMILES string of the molecule is CCCCCCCCCc1cc2cc(CCCCCCCCC)c(S(=O)(=O)[O-])cc2cc1SOO[O-]. The Balaban J connectivity index is 2.19. The molecule has 0 unspecified atom stereocenters. The monoisotopic (exact) mass is 538 g/mol. The van der Waals surface area contributed by atoms with E-state index in [1.807, 2.05) is 12.1 Å². The minimum Gasteiger partial charge on any atom is -0.744 e. The van der Waals surface area contributed by atoms with Crippen molar-refractivity contribution in [2.45, 2.75) is 126 Å². The lowest BCUT2D eigenvalue weighted by Gasteiger charge is -2.17. The highest BCUT2D eigenvalue weighted by Crippen LogP contribution is 2.33. The first-order valence-corrected chi connectivity index (χ1v) is 15.7. The molecule has 6 nitrogen and oxygen atoms in total. The molecule has 2 aromatic rings. The van der Waals surface area contributed by atoms with E-state index in [4.69, 9.17) is 0 Å². The first-order valence-electron chi connectivity index (χ1n) is 13.6. The quantitative estimate of drug-likeness (QED) is 0.0564. The largest absolute Gasteiger partial charge is 0.744 e. The maximum Gasteiger partial charge on any atom is 0.124 e. The van der Waals surface area contributed by atoms with Gasteiger partial charge in [-0.15, -0.1) is 0 Å². The highest BCUT2D eigenvalue weighted by Gasteiger charge is 2.14. The van der Waals surface area contributed by atoms with Crippen LogP contribution in [-0.4, -0.2) is 13.0 Å². The standard InChI is InChI=1S/C28H44O6S2/c1-3-5-7-9-11-13-15-17-23-19-25-20-24(18-16-14-12-10-8-6-4-2)28(36(30,31)32)22-26(25)21-27(23)35-34-33-29/h19-22,29H,3-18H2,1-2H3,(H,30,31,32)/p-2. The molecular formula is C28H42O6S2-2. The van der Waals surface area contributed by atoms with E-state index in [1.165, 1.54) is 63.9 Å². The van der Waals surface area contributed by atoms with Crippen LogP contribution in [0, 0.1) is 0 Å². The molecule has 0 bridgehead atoms. The van der Waals surface area contributed by atoms with Crippen molar-refractivity contribution in [1.29, 1.82) is 0 Å². The zero-order valence-corrected chi connectivity index (χ0v) is 23.5. The van der Waals surface area contributed by atoms with Gasteiger partial charge in [-0.25, -0.2) is 8.42 Å². The Morgan fingerprint density at radius 3 is 1.69 bits per heavy atom. The number of fused-ring (bicyclic) bond motifs is 1. The van der Waals surface area contributed by atoms with Gasteiger partial charge in [-0.1, -0.05) is 90.9 Å². The Bertz CT molecular complexity index is 1010.